The molecule has 0 spiro atoms. The van der Waals surface area contributed by atoms with Crippen LogP contribution in [0.2, 0.25) is 0 Å². The van der Waals surface area contributed by atoms with Crippen LogP contribution in [0.3, 0.4) is 0 Å². The summed E-state index contributed by atoms with van der Waals surface area (Å²) in [7, 11) is 0.907. The lowest BCUT2D eigenvalue weighted by atomic mass is 10.1. The number of nitrogens with zero attached hydrogens (tertiary/aromatic N) is 2. The van der Waals surface area contributed by atoms with E-state index in [9.17, 15) is 4.21 Å². The van der Waals surface area contributed by atoms with Gasteiger partial charge in [-0.3, -0.25) is 14.1 Å². The molecule has 1 aromatic carbocycles. The molecule has 0 amide bonds. The molecule has 0 fully saturated rings. The van der Waals surface area contributed by atoms with Crippen LogP contribution in [-0.2, 0) is 10.8 Å². The number of benzene rings is 1. The summed E-state index contributed by atoms with van der Waals surface area (Å²) in [6.07, 6.45) is 0. The zero-order valence-electron chi connectivity index (χ0n) is 17.2. The topological polar surface area (TPSA) is 56.7 Å². The largest absolute Gasteiger partial charge is 0.355 e. The predicted octanol–water partition coefficient (Wildman–Crippen LogP) is 2.78. The van der Waals surface area contributed by atoms with Crippen molar-refractivity contribution in [3.8, 4) is 0 Å². The van der Waals surface area contributed by atoms with Gasteiger partial charge in [0, 0.05) is 41.4 Å². The Hall–Kier alpha value is -1.40. The minimum atomic E-state index is -0.862. The van der Waals surface area contributed by atoms with E-state index in [1.165, 1.54) is 5.56 Å². The van der Waals surface area contributed by atoms with Crippen LogP contribution in [0.15, 0.2) is 35.3 Å². The van der Waals surface area contributed by atoms with Crippen LogP contribution in [0.1, 0.15) is 46.2 Å². The third kappa shape index (κ3) is 7.46. The summed E-state index contributed by atoms with van der Waals surface area (Å²) in [6, 6.07) is 10.8. The Kier molecular flexibility index (Phi) is 9.88. The van der Waals surface area contributed by atoms with Crippen LogP contribution >= 0.6 is 0 Å². The molecule has 0 heterocycles. The smallest absolute Gasteiger partial charge is 0.191 e. The van der Waals surface area contributed by atoms with Crippen molar-refractivity contribution in [3.63, 3.8) is 0 Å². The van der Waals surface area contributed by atoms with Crippen molar-refractivity contribution in [2.75, 3.05) is 39.0 Å². The van der Waals surface area contributed by atoms with Gasteiger partial charge in [-0.2, -0.15) is 0 Å². The number of likely N-dealkylation sites (N-methyl/N-ethyl adjacent to an activating group) is 1. The predicted molar refractivity (Wildman–Crippen MR) is 114 cm³/mol. The fourth-order valence-corrected chi connectivity index (χ4v) is 3.68. The Morgan fingerprint density at radius 1 is 1.15 bits per heavy atom. The molecule has 0 radical (unpaired) electrons. The Bertz CT molecular complexity index is 565. The van der Waals surface area contributed by atoms with Crippen molar-refractivity contribution in [3.05, 3.63) is 35.9 Å². The molecule has 6 heteroatoms. The quantitative estimate of drug-likeness (QED) is 0.511. The number of nitrogens with one attached hydrogen (secondary N) is 2. The highest BCUT2D eigenvalue weighted by Crippen LogP contribution is 2.19. The SMILES string of the molecule is CCN(CC)C(CNC(=NC)NCCS(=O)C(C)(C)C)c1ccccc1. The molecule has 1 rings (SSSR count). The highest BCUT2D eigenvalue weighted by atomic mass is 32.2. The second-order valence-corrected chi connectivity index (χ2v) is 9.51. The van der Waals surface area contributed by atoms with Crippen LogP contribution < -0.4 is 10.6 Å². The molecule has 0 saturated carbocycles. The molecule has 26 heavy (non-hydrogen) atoms. The zero-order valence-corrected chi connectivity index (χ0v) is 18.0. The van der Waals surface area contributed by atoms with Gasteiger partial charge in [0.1, 0.15) is 0 Å². The molecule has 1 aromatic rings. The first kappa shape index (κ1) is 22.6. The number of guanidine groups is 1. The number of aliphatic imine (C=N–C) groups is 1. The Labute approximate surface area is 162 Å². The number of hydrogen-bond donors (Lipinski definition) is 2. The first-order valence-electron chi connectivity index (χ1n) is 9.45. The van der Waals surface area contributed by atoms with Crippen molar-refractivity contribution in [2.24, 2.45) is 4.99 Å². The van der Waals surface area contributed by atoms with E-state index in [1.807, 2.05) is 26.8 Å². The standard InChI is InChI=1S/C20H36N4OS/c1-7-24(8-2)18(17-12-10-9-11-13-17)16-23-19(21-6)22-14-15-26(25)20(3,4)5/h9-13,18H,7-8,14-16H2,1-6H3,(H2,21,22,23). The molecule has 2 atom stereocenters. The number of hydrogen-bond acceptors (Lipinski definition) is 3. The van der Waals surface area contributed by atoms with Crippen LogP contribution in [0.4, 0.5) is 0 Å². The van der Waals surface area contributed by atoms with Crippen LogP contribution in [0, 0.1) is 0 Å². The summed E-state index contributed by atoms with van der Waals surface area (Å²) in [6.45, 7) is 13.8. The fraction of sp³-hybridized carbons (Fsp3) is 0.650. The lowest BCUT2D eigenvalue weighted by molar-refractivity contribution is 0.219. The maximum atomic E-state index is 12.2. The van der Waals surface area contributed by atoms with Gasteiger partial charge >= 0.3 is 0 Å². The lowest BCUT2D eigenvalue weighted by Crippen LogP contribution is -2.44. The first-order chi connectivity index (χ1) is 12.3. The average molecular weight is 381 g/mol. The van der Waals surface area contributed by atoms with Gasteiger partial charge in [0.2, 0.25) is 0 Å². The fourth-order valence-electron chi connectivity index (χ4n) is 2.78. The normalized spacial score (nSPS) is 15.0. The van der Waals surface area contributed by atoms with Gasteiger partial charge in [0.15, 0.2) is 5.96 Å². The summed E-state index contributed by atoms with van der Waals surface area (Å²) >= 11 is 0. The van der Waals surface area contributed by atoms with Crippen molar-refractivity contribution in [1.82, 2.24) is 15.5 Å². The van der Waals surface area contributed by atoms with Gasteiger partial charge in [-0.25, -0.2) is 0 Å². The van der Waals surface area contributed by atoms with Gasteiger partial charge in [0.05, 0.1) is 6.04 Å². The van der Waals surface area contributed by atoms with E-state index in [2.05, 4.69) is 58.6 Å². The molecule has 0 aromatic heterocycles. The Balaban J connectivity index is 2.64. The van der Waals surface area contributed by atoms with Gasteiger partial charge < -0.3 is 10.6 Å². The van der Waals surface area contributed by atoms with E-state index >= 15 is 0 Å². The second-order valence-electron chi connectivity index (χ2n) is 7.19. The Morgan fingerprint density at radius 2 is 1.77 bits per heavy atom. The molecule has 0 aliphatic heterocycles. The van der Waals surface area contributed by atoms with Crippen molar-refractivity contribution >= 4 is 16.8 Å². The molecular weight excluding hydrogens is 344 g/mol. The van der Waals surface area contributed by atoms with E-state index < -0.39 is 10.8 Å². The maximum absolute atomic E-state index is 12.2. The number of rotatable bonds is 9. The van der Waals surface area contributed by atoms with Gasteiger partial charge in [-0.05, 0) is 39.4 Å². The molecule has 0 bridgehead atoms. The van der Waals surface area contributed by atoms with Crippen molar-refractivity contribution < 1.29 is 4.21 Å². The maximum Gasteiger partial charge on any atom is 0.191 e. The highest BCUT2D eigenvalue weighted by Gasteiger charge is 2.20. The third-order valence-electron chi connectivity index (χ3n) is 4.39. The van der Waals surface area contributed by atoms with Crippen LogP contribution in [0.25, 0.3) is 0 Å². The zero-order chi connectivity index (χ0) is 19.6. The van der Waals surface area contributed by atoms with E-state index in [0.29, 0.717) is 12.3 Å². The molecule has 2 N–H and O–H groups in total. The third-order valence-corrected chi connectivity index (χ3v) is 6.33. The first-order valence-corrected chi connectivity index (χ1v) is 10.8. The molecular formula is C20H36N4OS. The van der Waals surface area contributed by atoms with Gasteiger partial charge in [-0.15, -0.1) is 0 Å². The molecule has 148 valence electrons. The average Bonchev–Trinajstić information content (AvgIpc) is 2.63. The van der Waals surface area contributed by atoms with Gasteiger partial charge in [-0.1, -0.05) is 44.2 Å². The minimum Gasteiger partial charge on any atom is -0.355 e. The summed E-state index contributed by atoms with van der Waals surface area (Å²) in [4.78, 5) is 6.74. The molecule has 0 saturated heterocycles. The molecule has 2 unspecified atom stereocenters. The van der Waals surface area contributed by atoms with Crippen molar-refractivity contribution in [2.45, 2.75) is 45.4 Å². The van der Waals surface area contributed by atoms with Gasteiger partial charge in [0.25, 0.3) is 0 Å². The van der Waals surface area contributed by atoms with E-state index in [4.69, 9.17) is 0 Å². The highest BCUT2D eigenvalue weighted by molar-refractivity contribution is 7.86. The van der Waals surface area contributed by atoms with Crippen LogP contribution in [0.5, 0.6) is 0 Å². The summed E-state index contributed by atoms with van der Waals surface area (Å²) in [5.74, 6) is 1.37. The summed E-state index contributed by atoms with van der Waals surface area (Å²) in [5.41, 5.74) is 1.30. The monoisotopic (exact) mass is 380 g/mol. The second kappa shape index (κ2) is 11.3. The van der Waals surface area contributed by atoms with Crippen molar-refractivity contribution in [1.29, 1.82) is 0 Å². The van der Waals surface area contributed by atoms with E-state index in [0.717, 1.165) is 25.6 Å². The molecule has 0 aliphatic rings. The Morgan fingerprint density at radius 3 is 2.27 bits per heavy atom. The lowest BCUT2D eigenvalue weighted by Gasteiger charge is -2.30. The molecule has 0 aliphatic carbocycles. The summed E-state index contributed by atoms with van der Waals surface area (Å²) in [5, 5.41) is 6.71. The van der Waals surface area contributed by atoms with E-state index in [1.54, 1.807) is 7.05 Å². The van der Waals surface area contributed by atoms with E-state index in [-0.39, 0.29) is 10.8 Å². The minimum absolute atomic E-state index is 0.181. The molecule has 5 nitrogen and oxygen atoms in total. The summed E-state index contributed by atoms with van der Waals surface area (Å²) < 4.78 is 12.0. The van der Waals surface area contributed by atoms with Crippen LogP contribution in [-0.4, -0.2) is 58.8 Å².